The van der Waals surface area contributed by atoms with Gasteiger partial charge in [-0.1, -0.05) is 6.92 Å². The molecule has 0 unspecified atom stereocenters. The Morgan fingerprint density at radius 2 is 2.27 bits per heavy atom. The van der Waals surface area contributed by atoms with Crippen LogP contribution in [0.5, 0.6) is 0 Å². The summed E-state index contributed by atoms with van der Waals surface area (Å²) in [6, 6.07) is -0.381. The first-order chi connectivity index (χ1) is 13.9. The number of nitrogens with zero attached hydrogens (tertiary/aromatic N) is 3. The Hall–Kier alpha value is -1.37. The third kappa shape index (κ3) is 3.61. The average molecular weight is 458 g/mol. The second kappa shape index (κ2) is 9.01. The van der Waals surface area contributed by atoms with Crippen LogP contribution in [0.2, 0.25) is 0 Å². The molecule has 1 saturated heterocycles. The van der Waals surface area contributed by atoms with E-state index in [1.54, 1.807) is 13.3 Å². The van der Waals surface area contributed by atoms with Crippen molar-refractivity contribution >= 4 is 51.8 Å². The number of carbonyl (C=O) groups is 3. The Bertz CT molecular complexity index is 1030. The molecule has 0 spiro atoms. The maximum atomic E-state index is 12.5. The minimum absolute atomic E-state index is 0. The number of aliphatic hydroxyl groups is 1. The Balaban J connectivity index is 0.00000256. The number of β-lactam (4-membered cyclic amide) rings is 1. The zero-order chi connectivity index (χ0) is 20.9. The van der Waals surface area contributed by atoms with E-state index in [0.717, 1.165) is 14.7 Å². The second-order valence-electron chi connectivity index (χ2n) is 7.08. The molecule has 9 nitrogen and oxygen atoms in total. The number of thioether (sulfide) groups is 1. The molecular formula is C18H19N4NaO5S2. The van der Waals surface area contributed by atoms with Crippen LogP contribution in [0.4, 0.5) is 0 Å². The third-order valence-electron chi connectivity index (χ3n) is 5.38. The minimum Gasteiger partial charge on any atom is -0.543 e. The maximum absolute atomic E-state index is 12.5. The van der Waals surface area contributed by atoms with Crippen LogP contribution in [0.25, 0.3) is 10.4 Å². The van der Waals surface area contributed by atoms with Crippen LogP contribution in [0.3, 0.4) is 0 Å². The van der Waals surface area contributed by atoms with Gasteiger partial charge in [-0.25, -0.2) is 4.98 Å². The number of aromatic nitrogens is 2. The van der Waals surface area contributed by atoms with Crippen molar-refractivity contribution in [3.63, 3.8) is 0 Å². The first-order valence-electron chi connectivity index (χ1n) is 9.10. The third-order valence-corrected chi connectivity index (χ3v) is 7.63. The molecule has 1 fully saturated rings. The fourth-order valence-electron chi connectivity index (χ4n) is 4.15. The molecule has 30 heavy (non-hydrogen) atoms. The van der Waals surface area contributed by atoms with Gasteiger partial charge in [0.15, 0.2) is 0 Å². The predicted octanol–water partition coefficient (Wildman–Crippen LogP) is -3.44. The molecule has 2 aliphatic rings. The fraction of sp³-hybridized carbons (Fsp3) is 0.444. The first kappa shape index (κ1) is 23.3. The number of hydrogen-bond donors (Lipinski definition) is 2. The van der Waals surface area contributed by atoms with Crippen molar-refractivity contribution in [3.8, 4) is 0 Å². The van der Waals surface area contributed by atoms with Crippen molar-refractivity contribution in [2.75, 3.05) is 12.3 Å². The fourth-order valence-corrected chi connectivity index (χ4v) is 6.33. The molecule has 2 aliphatic heterocycles. The predicted molar refractivity (Wildman–Crippen MR) is 105 cm³/mol. The first-order valence-corrected chi connectivity index (χ1v) is 10.9. The van der Waals surface area contributed by atoms with Gasteiger partial charge in [0, 0.05) is 30.0 Å². The van der Waals surface area contributed by atoms with Crippen LogP contribution < -0.4 is 40.0 Å². The summed E-state index contributed by atoms with van der Waals surface area (Å²) in [7, 11) is 0. The number of carboxylic acids is 1. The quantitative estimate of drug-likeness (QED) is 0.139. The van der Waals surface area contributed by atoms with Gasteiger partial charge < -0.3 is 25.2 Å². The van der Waals surface area contributed by atoms with Gasteiger partial charge in [0.2, 0.25) is 12.3 Å². The van der Waals surface area contributed by atoms with Crippen LogP contribution in [0.15, 0.2) is 23.2 Å². The Labute approximate surface area is 202 Å². The molecule has 2 N–H and O–H groups in total. The van der Waals surface area contributed by atoms with Gasteiger partial charge >= 0.3 is 29.6 Å². The van der Waals surface area contributed by atoms with Gasteiger partial charge in [-0.15, -0.1) is 23.1 Å². The van der Waals surface area contributed by atoms with Gasteiger partial charge in [-0.05, 0) is 6.92 Å². The molecule has 12 heteroatoms. The molecule has 0 saturated carbocycles. The van der Waals surface area contributed by atoms with Gasteiger partial charge in [-0.3, -0.25) is 14.0 Å². The van der Waals surface area contributed by atoms with Crippen LogP contribution in [0, 0.1) is 11.8 Å². The Morgan fingerprint density at radius 3 is 2.90 bits per heavy atom. The van der Waals surface area contributed by atoms with E-state index < -0.39 is 18.0 Å². The molecule has 4 atom stereocenters. The smallest absolute Gasteiger partial charge is 0.543 e. The summed E-state index contributed by atoms with van der Waals surface area (Å²) in [5.74, 6) is -1.97. The van der Waals surface area contributed by atoms with Crippen molar-refractivity contribution in [2.24, 2.45) is 11.8 Å². The number of carboxylic acid groups (broad SMARTS) is 1. The normalized spacial score (nSPS) is 23.8. The van der Waals surface area contributed by atoms with E-state index in [2.05, 4.69) is 10.3 Å². The van der Waals surface area contributed by atoms with E-state index in [4.69, 9.17) is 0 Å². The van der Waals surface area contributed by atoms with Gasteiger partial charge in [-0.2, -0.15) is 0 Å². The number of carbonyl (C=O) groups excluding carboxylic acids is 3. The van der Waals surface area contributed by atoms with Crippen molar-refractivity contribution in [3.05, 3.63) is 23.1 Å². The molecule has 2 aromatic rings. The van der Waals surface area contributed by atoms with Gasteiger partial charge in [0.25, 0.3) is 0 Å². The molecule has 0 radical (unpaired) electrons. The number of hydrogen-bond acceptors (Lipinski definition) is 8. The van der Waals surface area contributed by atoms with Crippen molar-refractivity contribution in [2.45, 2.75) is 31.0 Å². The van der Waals surface area contributed by atoms with E-state index in [1.165, 1.54) is 28.0 Å². The summed E-state index contributed by atoms with van der Waals surface area (Å²) >= 11 is 2.89. The summed E-state index contributed by atoms with van der Waals surface area (Å²) in [6.45, 7) is 3.94. The number of fused-ring (bicyclic) bond motifs is 2. The van der Waals surface area contributed by atoms with Crippen LogP contribution >= 0.6 is 23.1 Å². The topological polar surface area (TPSA) is 127 Å². The van der Waals surface area contributed by atoms with Crippen molar-refractivity contribution in [1.29, 1.82) is 0 Å². The van der Waals surface area contributed by atoms with E-state index in [-0.39, 0.29) is 53.1 Å². The maximum Gasteiger partial charge on any atom is 1.00 e. The van der Waals surface area contributed by atoms with Crippen molar-refractivity contribution in [1.82, 2.24) is 19.6 Å². The average Bonchev–Trinajstić information content (AvgIpc) is 3.29. The molecule has 0 aromatic carbocycles. The molecule has 4 rings (SSSR count). The van der Waals surface area contributed by atoms with E-state index in [1.807, 2.05) is 17.5 Å². The van der Waals surface area contributed by atoms with E-state index in [9.17, 15) is 24.6 Å². The van der Waals surface area contributed by atoms with E-state index >= 15 is 0 Å². The number of rotatable bonds is 8. The summed E-state index contributed by atoms with van der Waals surface area (Å²) in [6.07, 6.45) is 3.26. The summed E-state index contributed by atoms with van der Waals surface area (Å²) in [5.41, 5.74) is 0.449. The van der Waals surface area contributed by atoms with Crippen LogP contribution in [-0.4, -0.2) is 62.1 Å². The molecule has 2 aromatic heterocycles. The zero-order valence-corrected chi connectivity index (χ0v) is 20.3. The molecule has 4 heterocycles. The number of imidazole rings is 1. The monoisotopic (exact) mass is 458 g/mol. The standard InChI is InChI=1S/C18H20N4O5S2.Na/c1-8-11(14(18(26)27)22-13(8)12(9(2)24)16(22)25)10-5-21-6-20-15(17(21)29-10)28-4-3-19-7-23;/h5-9,12-13,24H,3-4H2,1-2H3,(H,19,23)(H,26,27);/q;+1/p-1/t8-,9+,12+,13+;/m0./s1. The van der Waals surface area contributed by atoms with Gasteiger partial charge in [0.1, 0.15) is 16.2 Å². The molecule has 2 amide bonds. The summed E-state index contributed by atoms with van der Waals surface area (Å²) < 4.78 is 1.83. The molecule has 154 valence electrons. The number of aliphatic carboxylic acids is 1. The molecule has 0 bridgehead atoms. The van der Waals surface area contributed by atoms with Crippen molar-refractivity contribution < 1.29 is 54.2 Å². The summed E-state index contributed by atoms with van der Waals surface area (Å²) in [4.78, 5) is 41.9. The summed E-state index contributed by atoms with van der Waals surface area (Å²) in [5, 5.41) is 25.2. The molecular weight excluding hydrogens is 439 g/mol. The Kier molecular flexibility index (Phi) is 7.00. The second-order valence-corrected chi connectivity index (χ2v) is 9.20. The molecule has 0 aliphatic carbocycles. The number of nitrogens with one attached hydrogen (secondary N) is 1. The van der Waals surface area contributed by atoms with Crippen LogP contribution in [-0.2, 0) is 14.4 Å². The SMILES string of the molecule is C[C@@H](O)[C@H]1C(=O)N2C(C(=O)[O-])=C(c3cn4cnc(SCCNC=O)c4s3)[C@H](C)[C@H]12.[Na+]. The minimum atomic E-state index is -1.39. The largest absolute Gasteiger partial charge is 1.00 e. The van der Waals surface area contributed by atoms with E-state index in [0.29, 0.717) is 24.3 Å². The Morgan fingerprint density at radius 1 is 1.53 bits per heavy atom. The van der Waals surface area contributed by atoms with Gasteiger partial charge in [0.05, 0.1) is 34.6 Å². The number of aliphatic hydroxyl groups excluding tert-OH is 1. The zero-order valence-electron chi connectivity index (χ0n) is 16.7. The number of amides is 2. The van der Waals surface area contributed by atoms with Crippen LogP contribution in [0.1, 0.15) is 18.7 Å². The number of thiazole rings is 1.